The fourth-order valence-electron chi connectivity index (χ4n) is 3.70. The minimum absolute atomic E-state index is 0.163. The lowest BCUT2D eigenvalue weighted by Gasteiger charge is -2.30. The summed E-state index contributed by atoms with van der Waals surface area (Å²) in [5, 5.41) is 14.2. The molecule has 1 unspecified atom stereocenters. The Morgan fingerprint density at radius 1 is 1.14 bits per heavy atom. The van der Waals surface area contributed by atoms with Crippen LogP contribution in [0.25, 0.3) is 11.1 Å². The summed E-state index contributed by atoms with van der Waals surface area (Å²) in [6.45, 7) is 0.215. The number of primary sulfonamides is 1. The molecule has 2 aromatic carbocycles. The van der Waals surface area contributed by atoms with E-state index in [1.807, 2.05) is 30.3 Å². The SMILES string of the molecule is COc1cccc2c1-c1ccc(CS(N)(=O)=O)cc1C(CCCCCCO)O2. The number of aliphatic hydroxyl groups is 1. The zero-order valence-corrected chi connectivity index (χ0v) is 16.9. The number of methoxy groups -OCH3 is 1. The van der Waals surface area contributed by atoms with Crippen molar-refractivity contribution in [2.75, 3.05) is 13.7 Å². The van der Waals surface area contributed by atoms with E-state index in [4.69, 9.17) is 19.7 Å². The van der Waals surface area contributed by atoms with Crippen LogP contribution >= 0.6 is 0 Å². The second-order valence-electron chi connectivity index (χ2n) is 7.10. The molecule has 0 saturated carbocycles. The molecular weight excluding hydrogens is 378 g/mol. The minimum atomic E-state index is -3.61. The number of sulfonamides is 1. The Morgan fingerprint density at radius 3 is 2.64 bits per heavy atom. The van der Waals surface area contributed by atoms with E-state index < -0.39 is 10.0 Å². The predicted octanol–water partition coefficient (Wildman–Crippen LogP) is 3.53. The van der Waals surface area contributed by atoms with Gasteiger partial charge < -0.3 is 14.6 Å². The van der Waals surface area contributed by atoms with Crippen molar-refractivity contribution < 1.29 is 23.0 Å². The summed E-state index contributed by atoms with van der Waals surface area (Å²) < 4.78 is 34.9. The third-order valence-electron chi connectivity index (χ3n) is 4.95. The molecule has 0 saturated heterocycles. The highest BCUT2D eigenvalue weighted by Gasteiger charge is 2.28. The molecule has 3 N–H and O–H groups in total. The van der Waals surface area contributed by atoms with Crippen LogP contribution in [-0.4, -0.2) is 27.2 Å². The second kappa shape index (κ2) is 8.94. The van der Waals surface area contributed by atoms with E-state index in [-0.39, 0.29) is 18.5 Å². The molecule has 0 aromatic heterocycles. The summed E-state index contributed by atoms with van der Waals surface area (Å²) in [7, 11) is -1.99. The summed E-state index contributed by atoms with van der Waals surface area (Å²) in [5.41, 5.74) is 3.49. The number of fused-ring (bicyclic) bond motifs is 3. The highest BCUT2D eigenvalue weighted by Crippen LogP contribution is 2.48. The minimum Gasteiger partial charge on any atom is -0.496 e. The number of nitrogens with two attached hydrogens (primary N) is 1. The van der Waals surface area contributed by atoms with Gasteiger partial charge in [-0.3, -0.25) is 0 Å². The molecule has 1 aliphatic heterocycles. The molecule has 1 atom stereocenters. The van der Waals surface area contributed by atoms with Gasteiger partial charge in [-0.25, -0.2) is 13.6 Å². The average molecular weight is 406 g/mol. The Morgan fingerprint density at radius 2 is 1.93 bits per heavy atom. The molecule has 3 rings (SSSR count). The number of benzene rings is 2. The van der Waals surface area contributed by atoms with Crippen LogP contribution in [0.1, 0.15) is 49.3 Å². The lowest BCUT2D eigenvalue weighted by atomic mass is 9.89. The molecule has 0 bridgehead atoms. The third-order valence-corrected chi connectivity index (χ3v) is 5.69. The maximum Gasteiger partial charge on any atom is 0.213 e. The second-order valence-corrected chi connectivity index (χ2v) is 8.71. The van der Waals surface area contributed by atoms with Gasteiger partial charge in [0.25, 0.3) is 0 Å². The van der Waals surface area contributed by atoms with E-state index in [0.717, 1.165) is 60.3 Å². The third kappa shape index (κ3) is 4.84. The zero-order valence-electron chi connectivity index (χ0n) is 16.1. The van der Waals surface area contributed by atoms with Crippen molar-refractivity contribution in [1.82, 2.24) is 0 Å². The fourth-order valence-corrected chi connectivity index (χ4v) is 4.34. The number of rotatable bonds is 9. The van der Waals surface area contributed by atoms with Crippen molar-refractivity contribution in [2.24, 2.45) is 5.14 Å². The predicted molar refractivity (Wildman–Crippen MR) is 109 cm³/mol. The van der Waals surface area contributed by atoms with Gasteiger partial charge in [0.15, 0.2) is 0 Å². The van der Waals surface area contributed by atoms with Gasteiger partial charge in [-0.15, -0.1) is 0 Å². The summed E-state index contributed by atoms with van der Waals surface area (Å²) in [6.07, 6.45) is 4.41. The Balaban J connectivity index is 1.95. The molecule has 1 heterocycles. The first-order valence-electron chi connectivity index (χ1n) is 9.51. The Labute approximate surface area is 166 Å². The molecule has 7 heteroatoms. The van der Waals surface area contributed by atoms with Crippen LogP contribution in [-0.2, 0) is 15.8 Å². The van der Waals surface area contributed by atoms with Gasteiger partial charge >= 0.3 is 0 Å². The Bertz CT molecular complexity index is 926. The molecule has 6 nitrogen and oxygen atoms in total. The normalized spacial score (nSPS) is 15.5. The summed E-state index contributed by atoms with van der Waals surface area (Å²) in [5.74, 6) is 1.29. The van der Waals surface area contributed by atoms with Gasteiger partial charge in [-0.2, -0.15) is 0 Å². The van der Waals surface area contributed by atoms with E-state index in [1.54, 1.807) is 13.2 Å². The number of hydrogen-bond donors (Lipinski definition) is 2. The van der Waals surface area contributed by atoms with Crippen LogP contribution in [0.4, 0.5) is 0 Å². The van der Waals surface area contributed by atoms with E-state index >= 15 is 0 Å². The van der Waals surface area contributed by atoms with Crippen molar-refractivity contribution in [3.8, 4) is 22.6 Å². The largest absolute Gasteiger partial charge is 0.496 e. The van der Waals surface area contributed by atoms with Gasteiger partial charge in [0, 0.05) is 12.2 Å². The zero-order chi connectivity index (χ0) is 20.1. The van der Waals surface area contributed by atoms with Crippen LogP contribution in [0, 0.1) is 0 Å². The lowest BCUT2D eigenvalue weighted by molar-refractivity contribution is 0.185. The van der Waals surface area contributed by atoms with Crippen LogP contribution in [0.15, 0.2) is 36.4 Å². The first kappa shape index (κ1) is 20.6. The first-order valence-corrected chi connectivity index (χ1v) is 11.2. The topological polar surface area (TPSA) is 98.9 Å². The molecule has 2 aromatic rings. The molecule has 0 radical (unpaired) electrons. The maximum absolute atomic E-state index is 11.5. The van der Waals surface area contributed by atoms with Crippen LogP contribution in [0.2, 0.25) is 0 Å². The van der Waals surface area contributed by atoms with Gasteiger partial charge in [0.1, 0.15) is 17.6 Å². The van der Waals surface area contributed by atoms with E-state index in [0.29, 0.717) is 5.56 Å². The van der Waals surface area contributed by atoms with Crippen molar-refractivity contribution in [3.63, 3.8) is 0 Å². The van der Waals surface area contributed by atoms with Gasteiger partial charge in [-0.1, -0.05) is 37.1 Å². The highest BCUT2D eigenvalue weighted by atomic mass is 32.2. The quantitative estimate of drug-likeness (QED) is 0.622. The number of hydrogen-bond acceptors (Lipinski definition) is 5. The molecule has 0 amide bonds. The van der Waals surface area contributed by atoms with Crippen molar-refractivity contribution in [1.29, 1.82) is 0 Å². The molecule has 1 aliphatic rings. The molecular formula is C21H27NO5S. The van der Waals surface area contributed by atoms with Crippen molar-refractivity contribution in [3.05, 3.63) is 47.5 Å². The molecule has 152 valence electrons. The van der Waals surface area contributed by atoms with E-state index in [2.05, 4.69) is 0 Å². The van der Waals surface area contributed by atoms with Gasteiger partial charge in [0.05, 0.1) is 18.4 Å². The lowest BCUT2D eigenvalue weighted by Crippen LogP contribution is -2.17. The van der Waals surface area contributed by atoms with Gasteiger partial charge in [0.2, 0.25) is 10.0 Å². The van der Waals surface area contributed by atoms with Crippen molar-refractivity contribution >= 4 is 10.0 Å². The highest BCUT2D eigenvalue weighted by molar-refractivity contribution is 7.88. The Hall–Kier alpha value is -2.09. The molecule has 0 fully saturated rings. The summed E-state index contributed by atoms with van der Waals surface area (Å²) in [6, 6.07) is 11.3. The maximum atomic E-state index is 11.5. The fraction of sp³-hybridized carbons (Fsp3) is 0.429. The van der Waals surface area contributed by atoms with Crippen LogP contribution in [0.3, 0.4) is 0 Å². The number of aliphatic hydroxyl groups excluding tert-OH is 1. The Kier molecular flexibility index (Phi) is 6.59. The molecule has 28 heavy (non-hydrogen) atoms. The van der Waals surface area contributed by atoms with Crippen LogP contribution in [0.5, 0.6) is 11.5 Å². The number of unbranched alkanes of at least 4 members (excludes halogenated alkanes) is 3. The monoisotopic (exact) mass is 405 g/mol. The first-order chi connectivity index (χ1) is 13.4. The van der Waals surface area contributed by atoms with E-state index in [9.17, 15) is 8.42 Å². The standard InChI is InChI=1S/C21H27NO5S/c1-26-19-8-6-9-20-21(19)16-11-10-15(14-28(22,24)25)13-17(16)18(27-20)7-4-2-3-5-12-23/h6,8-11,13,18,23H,2-5,7,12,14H2,1H3,(H2,22,24,25). The van der Waals surface area contributed by atoms with Crippen molar-refractivity contribution in [2.45, 2.75) is 44.0 Å². The summed E-state index contributed by atoms with van der Waals surface area (Å²) in [4.78, 5) is 0. The van der Waals surface area contributed by atoms with E-state index in [1.165, 1.54) is 0 Å². The number of ether oxygens (including phenoxy) is 2. The van der Waals surface area contributed by atoms with Crippen LogP contribution < -0.4 is 14.6 Å². The molecule has 0 aliphatic carbocycles. The smallest absolute Gasteiger partial charge is 0.213 e. The molecule has 0 spiro atoms. The summed E-state index contributed by atoms with van der Waals surface area (Å²) >= 11 is 0. The van der Waals surface area contributed by atoms with Gasteiger partial charge in [-0.05, 0) is 42.5 Å². The average Bonchev–Trinajstić information content (AvgIpc) is 2.65.